The molecule has 0 radical (unpaired) electrons. The van der Waals surface area contributed by atoms with Crippen LogP contribution in [0.3, 0.4) is 0 Å². The highest BCUT2D eigenvalue weighted by molar-refractivity contribution is 7.82. The number of hydrogen-bond acceptors (Lipinski definition) is 1. The summed E-state index contributed by atoms with van der Waals surface area (Å²) in [4.78, 5) is 0. The van der Waals surface area contributed by atoms with E-state index in [1.54, 1.807) is 13.0 Å². The van der Waals surface area contributed by atoms with E-state index in [1.165, 1.54) is 33.2 Å². The molecule has 2 atom stereocenters. The van der Waals surface area contributed by atoms with Crippen molar-refractivity contribution >= 4 is 56.1 Å². The van der Waals surface area contributed by atoms with Crippen molar-refractivity contribution in [2.45, 2.75) is 129 Å². The molecule has 0 spiro atoms. The number of halogens is 1. The molecule has 6 aromatic carbocycles. The Bertz CT molecular complexity index is 2810. The van der Waals surface area contributed by atoms with Crippen molar-refractivity contribution < 1.29 is 4.39 Å². The van der Waals surface area contributed by atoms with Crippen molar-refractivity contribution in [3.63, 3.8) is 0 Å². The summed E-state index contributed by atoms with van der Waals surface area (Å²) in [6, 6.07) is 32.7. The molecule has 2 aliphatic rings. The van der Waals surface area contributed by atoms with Gasteiger partial charge < -0.3 is 0 Å². The summed E-state index contributed by atoms with van der Waals surface area (Å²) in [5.41, 5.74) is 11.8. The molecule has 2 heteroatoms. The van der Waals surface area contributed by atoms with Crippen LogP contribution in [0.15, 0.2) is 146 Å². The van der Waals surface area contributed by atoms with Crippen LogP contribution in [-0.2, 0) is 21.7 Å². The highest BCUT2D eigenvalue weighted by Gasteiger charge is 2.31. The summed E-state index contributed by atoms with van der Waals surface area (Å²) in [6.45, 7) is 31.2. The van der Waals surface area contributed by atoms with Crippen LogP contribution in [0.1, 0.15) is 130 Å². The van der Waals surface area contributed by atoms with Gasteiger partial charge in [0.2, 0.25) is 0 Å². The van der Waals surface area contributed by atoms with Crippen LogP contribution >= 0.6 is 12.6 Å². The van der Waals surface area contributed by atoms with Crippen molar-refractivity contribution in [3.05, 3.63) is 179 Å². The monoisotopic (exact) mass is 862 g/mol. The lowest BCUT2D eigenvalue weighted by molar-refractivity contribution is 0.329. The molecule has 0 fully saturated rings. The summed E-state index contributed by atoms with van der Waals surface area (Å²) >= 11 is 5.26. The van der Waals surface area contributed by atoms with Gasteiger partial charge in [-0.15, -0.1) is 0 Å². The maximum atomic E-state index is 16.9. The Morgan fingerprint density at radius 2 is 0.766 bits per heavy atom. The van der Waals surface area contributed by atoms with Crippen molar-refractivity contribution in [1.82, 2.24) is 0 Å². The predicted molar refractivity (Wildman–Crippen MR) is 284 cm³/mol. The second kappa shape index (κ2) is 15.8. The lowest BCUT2D eigenvalue weighted by Gasteiger charge is -2.29. The van der Waals surface area contributed by atoms with Crippen LogP contribution in [0.4, 0.5) is 4.39 Å². The smallest absolute Gasteiger partial charge is 0.145 e. The zero-order chi connectivity index (χ0) is 46.4. The third-order valence-corrected chi connectivity index (χ3v) is 13.5. The SMILES string of the molecule is CC1(F)C=CC=CC(c2c3cc(C(C)(C)C)ccc3c(-c3ccc(C(C)(C)C)cc3)c3c(C4=CC(C)(S)C=CC=C4)c4cc(C(C)(C)C)ccc4c(-c4ccc(C(C)(C)C)cc4)c23)=C1. The molecule has 0 bridgehead atoms. The van der Waals surface area contributed by atoms with Gasteiger partial charge in [0, 0.05) is 4.75 Å². The van der Waals surface area contributed by atoms with Gasteiger partial charge >= 0.3 is 0 Å². The molecule has 8 rings (SSSR count). The predicted octanol–water partition coefficient (Wildman–Crippen LogP) is 18.1. The van der Waals surface area contributed by atoms with Gasteiger partial charge in [0.1, 0.15) is 5.67 Å². The number of fused-ring (bicyclic) bond motifs is 3. The van der Waals surface area contributed by atoms with Crippen molar-refractivity contribution in [1.29, 1.82) is 0 Å². The number of thiol groups is 1. The van der Waals surface area contributed by atoms with E-state index in [2.05, 4.69) is 211 Å². The Hall–Kier alpha value is -5.18. The molecule has 0 aliphatic heterocycles. The normalized spacial score (nSPS) is 19.6. The van der Waals surface area contributed by atoms with Gasteiger partial charge in [-0.1, -0.05) is 204 Å². The lowest BCUT2D eigenvalue weighted by atomic mass is 9.74. The quantitative estimate of drug-likeness (QED) is 0.132. The van der Waals surface area contributed by atoms with Gasteiger partial charge in [-0.2, -0.15) is 12.6 Å². The Kier molecular flexibility index (Phi) is 11.2. The zero-order valence-corrected chi connectivity index (χ0v) is 41.6. The molecule has 0 nitrogen and oxygen atoms in total. The maximum Gasteiger partial charge on any atom is 0.145 e. The number of alkyl halides is 1. The summed E-state index contributed by atoms with van der Waals surface area (Å²) in [5, 5.41) is 6.85. The van der Waals surface area contributed by atoms with Crippen molar-refractivity contribution in [2.75, 3.05) is 0 Å². The topological polar surface area (TPSA) is 0 Å². The summed E-state index contributed by atoms with van der Waals surface area (Å²) in [5.74, 6) is 0. The molecule has 0 amide bonds. The van der Waals surface area contributed by atoms with Crippen LogP contribution < -0.4 is 0 Å². The molecule has 64 heavy (non-hydrogen) atoms. The Morgan fingerprint density at radius 1 is 0.406 bits per heavy atom. The molecule has 0 heterocycles. The highest BCUT2D eigenvalue weighted by atomic mass is 32.1. The molecule has 0 N–H and O–H groups in total. The van der Waals surface area contributed by atoms with Gasteiger partial charge in [0.05, 0.1) is 0 Å². The zero-order valence-electron chi connectivity index (χ0n) is 40.7. The van der Waals surface area contributed by atoms with E-state index in [1.807, 2.05) is 18.2 Å². The third-order valence-electron chi connectivity index (χ3n) is 13.3. The Morgan fingerprint density at radius 3 is 1.16 bits per heavy atom. The Balaban J connectivity index is 1.77. The Labute approximate surface area is 388 Å². The van der Waals surface area contributed by atoms with Crippen LogP contribution in [-0.4, -0.2) is 10.4 Å². The van der Waals surface area contributed by atoms with Gasteiger partial charge in [0.25, 0.3) is 0 Å². The minimum atomic E-state index is -1.68. The molecule has 6 aromatic rings. The maximum absolute atomic E-state index is 16.9. The molecule has 328 valence electrons. The standard InChI is InChI=1S/C62H67FS/c1-57(2,3)43-25-21-39(22-26-43)51-48-32-30-46(60(10,11)12)36-50(48)54(42-20-16-18-34-62(14,64)38-42)56-52(40-23-27-44(28-24-40)58(4,5)6)47-31-29-45(59(7,8)9)35-49(47)53(55(51)56)41-19-15-17-33-61(13,63)37-41/h15-38,64H,1-14H3. The van der Waals surface area contributed by atoms with Crippen LogP contribution in [0.25, 0.3) is 65.7 Å². The lowest BCUT2D eigenvalue weighted by Crippen LogP contribution is -2.13. The van der Waals surface area contributed by atoms with Gasteiger partial charge in [0.15, 0.2) is 0 Å². The third kappa shape index (κ3) is 8.68. The van der Waals surface area contributed by atoms with E-state index in [0.29, 0.717) is 0 Å². The summed E-state index contributed by atoms with van der Waals surface area (Å²) in [7, 11) is 0. The summed E-state index contributed by atoms with van der Waals surface area (Å²) < 4.78 is 16.3. The number of allylic oxidation sites excluding steroid dienone is 10. The average molecular weight is 863 g/mol. The molecular weight excluding hydrogens is 796 g/mol. The molecular formula is C62H67FS. The molecule has 2 unspecified atom stereocenters. The van der Waals surface area contributed by atoms with Gasteiger partial charge in [-0.3, -0.25) is 0 Å². The fourth-order valence-corrected chi connectivity index (χ4v) is 9.79. The van der Waals surface area contributed by atoms with E-state index in [-0.39, 0.29) is 21.7 Å². The van der Waals surface area contributed by atoms with Crippen molar-refractivity contribution in [3.8, 4) is 22.3 Å². The second-order valence-electron chi connectivity index (χ2n) is 22.9. The van der Waals surface area contributed by atoms with Crippen LogP contribution in [0.5, 0.6) is 0 Å². The largest absolute Gasteiger partial charge is 0.235 e. The van der Waals surface area contributed by atoms with Crippen LogP contribution in [0.2, 0.25) is 0 Å². The first-order chi connectivity index (χ1) is 29.7. The fraction of sp³-hybridized carbons (Fsp3) is 0.323. The van der Waals surface area contributed by atoms with Gasteiger partial charge in [-0.05, 0) is 159 Å². The minimum Gasteiger partial charge on any atom is -0.235 e. The van der Waals surface area contributed by atoms with Crippen LogP contribution in [0, 0.1) is 0 Å². The number of benzene rings is 6. The average Bonchev–Trinajstić information content (AvgIpc) is 3.50. The van der Waals surface area contributed by atoms with Crippen molar-refractivity contribution in [2.24, 2.45) is 0 Å². The van der Waals surface area contributed by atoms with E-state index in [9.17, 15) is 0 Å². The van der Waals surface area contributed by atoms with E-state index in [0.717, 1.165) is 65.9 Å². The highest BCUT2D eigenvalue weighted by Crippen LogP contribution is 2.54. The number of rotatable bonds is 4. The first kappa shape index (κ1) is 45.4. The first-order valence-corrected chi connectivity index (χ1v) is 23.5. The van der Waals surface area contributed by atoms with E-state index >= 15 is 4.39 Å². The summed E-state index contributed by atoms with van der Waals surface area (Å²) in [6.07, 6.45) is 20.5. The first-order valence-electron chi connectivity index (χ1n) is 23.1. The molecule has 0 saturated heterocycles. The van der Waals surface area contributed by atoms with Gasteiger partial charge in [-0.25, -0.2) is 4.39 Å². The number of hydrogen-bond donors (Lipinski definition) is 1. The van der Waals surface area contributed by atoms with E-state index in [4.69, 9.17) is 12.6 Å². The fourth-order valence-electron chi connectivity index (χ4n) is 9.57. The molecule has 0 aromatic heterocycles. The second-order valence-corrected chi connectivity index (χ2v) is 23.9. The van der Waals surface area contributed by atoms with E-state index < -0.39 is 10.4 Å². The minimum absolute atomic E-state index is 0.0173. The molecule has 0 saturated carbocycles. The molecule has 2 aliphatic carbocycles.